The van der Waals surface area contributed by atoms with Crippen LogP contribution < -0.4 is 10.1 Å². The Labute approximate surface area is 149 Å². The van der Waals surface area contributed by atoms with Gasteiger partial charge in [-0.2, -0.15) is 0 Å². The molecular weight excluding hydrogens is 353 g/mol. The molecule has 2 aromatic carbocycles. The summed E-state index contributed by atoms with van der Waals surface area (Å²) >= 11 is 12.1. The fraction of sp³-hybridized carbons (Fsp3) is 0.176. The van der Waals surface area contributed by atoms with E-state index in [1.54, 1.807) is 25.1 Å². The van der Waals surface area contributed by atoms with Gasteiger partial charge < -0.3 is 14.8 Å². The van der Waals surface area contributed by atoms with Gasteiger partial charge in [-0.15, -0.1) is 0 Å². The van der Waals surface area contributed by atoms with E-state index in [4.69, 9.17) is 32.7 Å². The van der Waals surface area contributed by atoms with Crippen molar-refractivity contribution in [3.05, 3.63) is 57.6 Å². The van der Waals surface area contributed by atoms with E-state index in [1.165, 1.54) is 25.3 Å². The van der Waals surface area contributed by atoms with Crippen molar-refractivity contribution in [3.8, 4) is 5.75 Å². The van der Waals surface area contributed by atoms with Crippen LogP contribution in [0.4, 0.5) is 5.69 Å². The number of carbonyl (C=O) groups is 2. The molecule has 0 fully saturated rings. The van der Waals surface area contributed by atoms with Gasteiger partial charge in [0, 0.05) is 11.3 Å². The summed E-state index contributed by atoms with van der Waals surface area (Å²) < 4.78 is 9.98. The van der Waals surface area contributed by atoms with Crippen molar-refractivity contribution in [2.75, 3.05) is 19.0 Å². The van der Waals surface area contributed by atoms with Crippen LogP contribution in [-0.2, 0) is 4.74 Å². The minimum absolute atomic E-state index is 0.232. The Morgan fingerprint density at radius 1 is 1.08 bits per heavy atom. The Balaban J connectivity index is 2.21. The molecule has 0 radical (unpaired) electrons. The molecule has 1 amide bonds. The minimum Gasteiger partial charge on any atom is -0.494 e. The van der Waals surface area contributed by atoms with Crippen molar-refractivity contribution in [3.63, 3.8) is 0 Å². The zero-order valence-electron chi connectivity index (χ0n) is 13.1. The molecule has 0 heterocycles. The Morgan fingerprint density at radius 3 is 2.33 bits per heavy atom. The van der Waals surface area contributed by atoms with E-state index in [1.807, 2.05) is 0 Å². The molecule has 0 aliphatic carbocycles. The maximum absolute atomic E-state index is 12.3. The quantitative estimate of drug-likeness (QED) is 0.793. The topological polar surface area (TPSA) is 64.6 Å². The fourth-order valence-corrected chi connectivity index (χ4v) is 2.67. The Kier molecular flexibility index (Phi) is 6.06. The second-order valence-corrected chi connectivity index (χ2v) is 5.54. The molecule has 0 aliphatic rings. The van der Waals surface area contributed by atoms with Crippen LogP contribution in [0.25, 0.3) is 0 Å². The van der Waals surface area contributed by atoms with Gasteiger partial charge >= 0.3 is 5.97 Å². The molecule has 0 bridgehead atoms. The number of amides is 1. The summed E-state index contributed by atoms with van der Waals surface area (Å²) in [5.41, 5.74) is 1.07. The smallest absolute Gasteiger partial charge is 0.338 e. The highest BCUT2D eigenvalue weighted by molar-refractivity contribution is 6.37. The largest absolute Gasteiger partial charge is 0.494 e. The lowest BCUT2D eigenvalue weighted by Gasteiger charge is -2.10. The SMILES string of the molecule is CCOC(=O)c1cccc(NC(=O)c2cc(Cl)c(OC)c(Cl)c2)c1. The van der Waals surface area contributed by atoms with E-state index in [0.717, 1.165) is 0 Å². The number of esters is 1. The van der Waals surface area contributed by atoms with E-state index in [-0.39, 0.29) is 22.2 Å². The van der Waals surface area contributed by atoms with Crippen molar-refractivity contribution in [2.24, 2.45) is 0 Å². The lowest BCUT2D eigenvalue weighted by Crippen LogP contribution is -2.13. The van der Waals surface area contributed by atoms with E-state index in [9.17, 15) is 9.59 Å². The maximum atomic E-state index is 12.3. The Hall–Kier alpha value is -2.24. The van der Waals surface area contributed by atoms with E-state index in [2.05, 4.69) is 5.32 Å². The second-order valence-electron chi connectivity index (χ2n) is 4.73. The maximum Gasteiger partial charge on any atom is 0.338 e. The molecule has 7 heteroatoms. The van der Waals surface area contributed by atoms with Crippen LogP contribution in [0.15, 0.2) is 36.4 Å². The Morgan fingerprint density at radius 2 is 1.75 bits per heavy atom. The van der Waals surface area contributed by atoms with Crippen LogP contribution in [0.2, 0.25) is 10.0 Å². The molecule has 126 valence electrons. The molecule has 0 aromatic heterocycles. The van der Waals surface area contributed by atoms with E-state index < -0.39 is 11.9 Å². The predicted octanol–water partition coefficient (Wildman–Crippen LogP) is 4.43. The van der Waals surface area contributed by atoms with Crippen LogP contribution in [-0.4, -0.2) is 25.6 Å². The summed E-state index contributed by atoms with van der Waals surface area (Å²) in [5, 5.41) is 3.15. The van der Waals surface area contributed by atoms with Crippen LogP contribution in [0, 0.1) is 0 Å². The van der Waals surface area contributed by atoms with Gasteiger partial charge in [-0.1, -0.05) is 29.3 Å². The third kappa shape index (κ3) is 4.19. The van der Waals surface area contributed by atoms with Crippen LogP contribution in [0.3, 0.4) is 0 Å². The van der Waals surface area contributed by atoms with Gasteiger partial charge in [0.2, 0.25) is 0 Å². The normalized spacial score (nSPS) is 10.2. The van der Waals surface area contributed by atoms with E-state index in [0.29, 0.717) is 17.0 Å². The molecule has 0 atom stereocenters. The highest BCUT2D eigenvalue weighted by Crippen LogP contribution is 2.34. The predicted molar refractivity (Wildman–Crippen MR) is 93.4 cm³/mol. The summed E-state index contributed by atoms with van der Waals surface area (Å²) in [5.74, 6) is -0.564. The molecule has 2 aromatic rings. The lowest BCUT2D eigenvalue weighted by molar-refractivity contribution is 0.0526. The molecule has 0 aliphatic heterocycles. The summed E-state index contributed by atoms with van der Waals surface area (Å²) in [6.45, 7) is 2.00. The van der Waals surface area contributed by atoms with Gasteiger partial charge in [-0.25, -0.2) is 4.79 Å². The van der Waals surface area contributed by atoms with Crippen molar-refractivity contribution in [2.45, 2.75) is 6.92 Å². The highest BCUT2D eigenvalue weighted by atomic mass is 35.5. The van der Waals surface area contributed by atoms with E-state index >= 15 is 0 Å². The van der Waals surface area contributed by atoms with Crippen LogP contribution in [0.5, 0.6) is 5.75 Å². The molecule has 0 spiro atoms. The molecule has 24 heavy (non-hydrogen) atoms. The number of methoxy groups -OCH3 is 1. The third-order valence-corrected chi connectivity index (χ3v) is 3.66. The van der Waals surface area contributed by atoms with Crippen molar-refractivity contribution in [1.29, 1.82) is 0 Å². The first kappa shape index (κ1) is 18.1. The first-order valence-electron chi connectivity index (χ1n) is 7.07. The molecule has 5 nitrogen and oxygen atoms in total. The van der Waals surface area contributed by atoms with Gasteiger partial charge in [-0.3, -0.25) is 4.79 Å². The summed E-state index contributed by atoms with van der Waals surface area (Å²) in [6.07, 6.45) is 0. The van der Waals surface area contributed by atoms with Crippen molar-refractivity contribution in [1.82, 2.24) is 0 Å². The number of nitrogens with one attached hydrogen (secondary N) is 1. The number of carbonyl (C=O) groups excluding carboxylic acids is 2. The standard InChI is InChI=1S/C17H15Cl2NO4/c1-3-24-17(22)10-5-4-6-12(7-10)20-16(21)11-8-13(18)15(23-2)14(19)9-11/h4-9H,3H2,1-2H3,(H,20,21). The number of halogens is 2. The number of hydrogen-bond acceptors (Lipinski definition) is 4. The number of ether oxygens (including phenoxy) is 2. The number of anilines is 1. The van der Waals surface area contributed by atoms with Gasteiger partial charge in [-0.05, 0) is 37.3 Å². The first-order chi connectivity index (χ1) is 11.5. The number of hydrogen-bond donors (Lipinski definition) is 1. The van der Waals surface area contributed by atoms with Gasteiger partial charge in [0.05, 0.1) is 29.3 Å². The Bertz CT molecular complexity index is 754. The molecule has 0 saturated heterocycles. The van der Waals surface area contributed by atoms with Crippen LogP contribution >= 0.6 is 23.2 Å². The molecule has 0 saturated carbocycles. The number of benzene rings is 2. The minimum atomic E-state index is -0.455. The van der Waals surface area contributed by atoms with Crippen molar-refractivity contribution < 1.29 is 19.1 Å². The molecule has 2 rings (SSSR count). The number of rotatable bonds is 5. The molecule has 0 unspecified atom stereocenters. The van der Waals surface area contributed by atoms with Gasteiger partial charge in [0.15, 0.2) is 5.75 Å². The average Bonchev–Trinajstić information content (AvgIpc) is 2.55. The second kappa shape index (κ2) is 8.04. The first-order valence-corrected chi connectivity index (χ1v) is 7.83. The average molecular weight is 368 g/mol. The lowest BCUT2D eigenvalue weighted by atomic mass is 10.1. The molecule has 1 N–H and O–H groups in total. The summed E-state index contributed by atoms with van der Waals surface area (Å²) in [7, 11) is 1.44. The van der Waals surface area contributed by atoms with Gasteiger partial charge in [0.1, 0.15) is 0 Å². The zero-order chi connectivity index (χ0) is 17.7. The zero-order valence-corrected chi connectivity index (χ0v) is 14.6. The van der Waals surface area contributed by atoms with Crippen molar-refractivity contribution >= 4 is 40.8 Å². The van der Waals surface area contributed by atoms with Crippen LogP contribution in [0.1, 0.15) is 27.6 Å². The fourth-order valence-electron chi connectivity index (χ4n) is 2.03. The molecular formula is C17H15Cl2NO4. The summed E-state index contributed by atoms with van der Waals surface area (Å²) in [6, 6.07) is 9.36. The highest BCUT2D eigenvalue weighted by Gasteiger charge is 2.14. The monoisotopic (exact) mass is 367 g/mol. The third-order valence-electron chi connectivity index (χ3n) is 3.10. The van der Waals surface area contributed by atoms with Gasteiger partial charge in [0.25, 0.3) is 5.91 Å². The summed E-state index contributed by atoms with van der Waals surface area (Å²) in [4.78, 5) is 24.1.